The largest absolute Gasteiger partial charge is 0.488 e. The van der Waals surface area contributed by atoms with E-state index in [1.807, 2.05) is 17.9 Å². The van der Waals surface area contributed by atoms with Gasteiger partial charge in [0.05, 0.1) is 21.3 Å². The highest BCUT2D eigenvalue weighted by atomic mass is 35.5. The van der Waals surface area contributed by atoms with Crippen LogP contribution in [0, 0.1) is 6.92 Å². The Labute approximate surface area is 198 Å². The highest BCUT2D eigenvalue weighted by Crippen LogP contribution is 2.42. The van der Waals surface area contributed by atoms with Gasteiger partial charge in [-0.2, -0.15) is 0 Å². The first-order valence-corrected chi connectivity index (χ1v) is 11.3. The molecule has 0 bridgehead atoms. The van der Waals surface area contributed by atoms with E-state index in [4.69, 9.17) is 32.7 Å². The monoisotopic (exact) mass is 491 g/mol. The summed E-state index contributed by atoms with van der Waals surface area (Å²) in [6, 6.07) is 9.88. The Bertz CT molecular complexity index is 1180. The number of aromatic nitrogens is 1. The third-order valence-corrected chi connectivity index (χ3v) is 6.41. The number of aryl methyl sites for hydroxylation is 1. The Kier molecular flexibility index (Phi) is 6.55. The van der Waals surface area contributed by atoms with Crippen LogP contribution in [0.15, 0.2) is 42.6 Å². The third kappa shape index (κ3) is 4.67. The smallest absolute Gasteiger partial charge is 0.302 e. The van der Waals surface area contributed by atoms with E-state index in [2.05, 4.69) is 10.3 Å². The lowest BCUT2D eigenvalue weighted by Gasteiger charge is -2.37. The van der Waals surface area contributed by atoms with Gasteiger partial charge in [0.15, 0.2) is 10.9 Å². The number of nitrogens with zero attached hydrogens (tertiary/aromatic N) is 2. The van der Waals surface area contributed by atoms with Crippen LogP contribution >= 0.6 is 34.5 Å². The maximum Gasteiger partial charge on any atom is 0.302 e. The van der Waals surface area contributed by atoms with Crippen LogP contribution in [-0.4, -0.2) is 36.1 Å². The van der Waals surface area contributed by atoms with Gasteiger partial charge in [-0.25, -0.2) is 4.98 Å². The number of amides is 1. The molecule has 2 aromatic carbocycles. The maximum absolute atomic E-state index is 13.1. The van der Waals surface area contributed by atoms with Crippen LogP contribution in [0.4, 0.5) is 16.5 Å². The molecule has 1 aliphatic rings. The van der Waals surface area contributed by atoms with Crippen molar-refractivity contribution in [3.8, 4) is 5.75 Å². The average Bonchev–Trinajstić information content (AvgIpc) is 3.19. The van der Waals surface area contributed by atoms with Crippen LogP contribution in [0.2, 0.25) is 10.0 Å². The summed E-state index contributed by atoms with van der Waals surface area (Å²) in [7, 11) is 0. The lowest BCUT2D eigenvalue weighted by atomic mass is 10.1. The molecule has 0 unspecified atom stereocenters. The quantitative estimate of drug-likeness (QED) is 0.476. The van der Waals surface area contributed by atoms with Crippen LogP contribution in [0.5, 0.6) is 5.75 Å². The molecule has 10 heteroatoms. The molecule has 2 heterocycles. The molecular weight excluding hydrogens is 473 g/mol. The van der Waals surface area contributed by atoms with Gasteiger partial charge in [-0.1, -0.05) is 29.3 Å². The number of thiazole rings is 1. The van der Waals surface area contributed by atoms with Gasteiger partial charge in [-0.05, 0) is 37.3 Å². The van der Waals surface area contributed by atoms with E-state index < -0.39 is 0 Å². The van der Waals surface area contributed by atoms with Crippen molar-refractivity contribution < 1.29 is 19.1 Å². The molecule has 1 atom stereocenters. The van der Waals surface area contributed by atoms with Gasteiger partial charge in [0, 0.05) is 23.7 Å². The molecule has 1 aliphatic heterocycles. The summed E-state index contributed by atoms with van der Waals surface area (Å²) in [5.41, 5.74) is 1.54. The fourth-order valence-electron chi connectivity index (χ4n) is 3.32. The second kappa shape index (κ2) is 9.36. The number of rotatable bonds is 5. The van der Waals surface area contributed by atoms with Crippen LogP contribution in [0.1, 0.15) is 22.2 Å². The third-order valence-electron chi connectivity index (χ3n) is 4.76. The molecule has 4 rings (SSSR count). The Morgan fingerprint density at radius 1 is 1.28 bits per heavy atom. The number of hydrogen-bond acceptors (Lipinski definition) is 7. The molecule has 0 radical (unpaired) electrons. The standard InChI is InChI=1S/C22H19Cl2N3O4S/c1-12-9-25-22(32-12)27-15(10-30-13(2)28)11-31-20-16(4-3-5-19(20)27)21(29)26-14-6-7-17(23)18(24)8-14/h3-9,15H,10-11H2,1-2H3,(H,26,29)/t15-/m1/s1. The van der Waals surface area contributed by atoms with Gasteiger partial charge in [0.25, 0.3) is 5.91 Å². The predicted octanol–water partition coefficient (Wildman–Crippen LogP) is 5.47. The molecule has 1 N–H and O–H groups in total. The summed E-state index contributed by atoms with van der Waals surface area (Å²) < 4.78 is 11.2. The second-order valence-corrected chi connectivity index (χ2v) is 9.16. The zero-order valence-corrected chi connectivity index (χ0v) is 19.6. The molecule has 0 saturated heterocycles. The molecule has 1 amide bonds. The van der Waals surface area contributed by atoms with E-state index in [1.54, 1.807) is 36.5 Å². The Balaban J connectivity index is 1.68. The fourth-order valence-corrected chi connectivity index (χ4v) is 4.46. The number of fused-ring (bicyclic) bond motifs is 1. The summed E-state index contributed by atoms with van der Waals surface area (Å²) >= 11 is 13.5. The summed E-state index contributed by atoms with van der Waals surface area (Å²) in [4.78, 5) is 31.9. The van der Waals surface area contributed by atoms with Gasteiger partial charge >= 0.3 is 5.97 Å². The molecule has 0 saturated carbocycles. The minimum Gasteiger partial charge on any atom is -0.488 e. The molecule has 0 aliphatic carbocycles. The van der Waals surface area contributed by atoms with E-state index in [0.29, 0.717) is 32.7 Å². The first-order chi connectivity index (χ1) is 15.3. The first kappa shape index (κ1) is 22.4. The summed E-state index contributed by atoms with van der Waals surface area (Å²) in [6.07, 6.45) is 1.78. The fraction of sp³-hybridized carbons (Fsp3) is 0.227. The number of carbonyl (C=O) groups is 2. The molecule has 0 spiro atoms. The lowest BCUT2D eigenvalue weighted by molar-refractivity contribution is -0.141. The number of nitrogens with one attached hydrogen (secondary N) is 1. The SMILES string of the molecule is CC(=O)OC[C@@H]1COc2c(C(=O)Nc3ccc(Cl)c(Cl)c3)cccc2N1c1ncc(C)s1. The molecule has 0 fully saturated rings. The number of benzene rings is 2. The van der Waals surface area contributed by atoms with E-state index in [-0.39, 0.29) is 31.1 Å². The molecule has 1 aromatic heterocycles. The molecular formula is C22H19Cl2N3O4S. The van der Waals surface area contributed by atoms with Gasteiger partial charge < -0.3 is 19.7 Å². The van der Waals surface area contributed by atoms with Gasteiger partial charge in [-0.15, -0.1) is 11.3 Å². The number of hydrogen-bond donors (Lipinski definition) is 1. The van der Waals surface area contributed by atoms with Crippen molar-refractivity contribution in [1.29, 1.82) is 0 Å². The summed E-state index contributed by atoms with van der Waals surface area (Å²) in [6.45, 7) is 3.68. The second-order valence-electron chi connectivity index (χ2n) is 7.13. The van der Waals surface area contributed by atoms with Crippen molar-refractivity contribution in [2.75, 3.05) is 23.4 Å². The maximum atomic E-state index is 13.1. The van der Waals surface area contributed by atoms with Crippen molar-refractivity contribution in [1.82, 2.24) is 4.98 Å². The number of anilines is 3. The van der Waals surface area contributed by atoms with E-state index in [1.165, 1.54) is 18.3 Å². The van der Waals surface area contributed by atoms with Gasteiger partial charge in [0.1, 0.15) is 19.3 Å². The summed E-state index contributed by atoms with van der Waals surface area (Å²) in [5, 5.41) is 4.29. The van der Waals surface area contributed by atoms with Crippen molar-refractivity contribution in [2.45, 2.75) is 19.9 Å². The number of para-hydroxylation sites is 1. The van der Waals surface area contributed by atoms with Crippen molar-refractivity contribution in [2.24, 2.45) is 0 Å². The van der Waals surface area contributed by atoms with Gasteiger partial charge in [-0.3, -0.25) is 9.59 Å². The average molecular weight is 492 g/mol. The zero-order valence-electron chi connectivity index (χ0n) is 17.2. The molecule has 166 valence electrons. The predicted molar refractivity (Wildman–Crippen MR) is 126 cm³/mol. The minimum atomic E-state index is -0.374. The van der Waals surface area contributed by atoms with Gasteiger partial charge in [0.2, 0.25) is 0 Å². The van der Waals surface area contributed by atoms with Crippen molar-refractivity contribution in [3.63, 3.8) is 0 Å². The summed E-state index contributed by atoms with van der Waals surface area (Å²) in [5.74, 6) is -0.299. The number of carbonyl (C=O) groups excluding carboxylic acids is 2. The lowest BCUT2D eigenvalue weighted by Crippen LogP contribution is -2.44. The van der Waals surface area contributed by atoms with Crippen molar-refractivity contribution >= 4 is 62.9 Å². The van der Waals surface area contributed by atoms with Crippen LogP contribution in [0.25, 0.3) is 0 Å². The number of halogens is 2. The highest BCUT2D eigenvalue weighted by Gasteiger charge is 2.34. The van der Waals surface area contributed by atoms with Crippen LogP contribution in [-0.2, 0) is 9.53 Å². The Morgan fingerprint density at radius 2 is 2.09 bits per heavy atom. The topological polar surface area (TPSA) is 80.8 Å². The van der Waals surface area contributed by atoms with E-state index >= 15 is 0 Å². The van der Waals surface area contributed by atoms with Crippen LogP contribution < -0.4 is 15.0 Å². The van der Waals surface area contributed by atoms with Crippen LogP contribution in [0.3, 0.4) is 0 Å². The van der Waals surface area contributed by atoms with Crippen molar-refractivity contribution in [3.05, 3.63) is 63.1 Å². The number of ether oxygens (including phenoxy) is 2. The Hall–Kier alpha value is -2.81. The van der Waals surface area contributed by atoms with E-state index in [9.17, 15) is 9.59 Å². The normalized spacial score (nSPS) is 15.0. The zero-order chi connectivity index (χ0) is 22.8. The minimum absolute atomic E-state index is 0.132. The highest BCUT2D eigenvalue weighted by molar-refractivity contribution is 7.15. The molecule has 3 aromatic rings. The number of esters is 1. The first-order valence-electron chi connectivity index (χ1n) is 9.70. The molecule has 7 nitrogen and oxygen atoms in total. The Morgan fingerprint density at radius 3 is 2.78 bits per heavy atom. The van der Waals surface area contributed by atoms with E-state index in [0.717, 1.165) is 10.0 Å². The molecule has 32 heavy (non-hydrogen) atoms.